The Morgan fingerprint density at radius 3 is 1.93 bits per heavy atom. The van der Waals surface area contributed by atoms with Crippen LogP contribution in [0.5, 0.6) is 0 Å². The standard InChI is InChI=1S/C31H35ClN4O4/c1-4-24-21-34(31(40)36(25-15-8-6-9-16-25)26-17-10-7-11-18-26)28(29(37)38)22(3)35(24)30(39)33(5-2)20-23-14-12-13-19-27(23)32/h6-19,22,24,28H,4-5,20-21H2,1-3H3,(H,37,38)/t22-,24+,28+/m1/s1. The molecule has 1 aliphatic rings. The fourth-order valence-electron chi connectivity index (χ4n) is 5.33. The zero-order valence-corrected chi connectivity index (χ0v) is 23.7. The Labute approximate surface area is 240 Å². The summed E-state index contributed by atoms with van der Waals surface area (Å²) in [6.07, 6.45) is 0.548. The molecule has 1 heterocycles. The first-order chi connectivity index (χ1) is 19.3. The van der Waals surface area contributed by atoms with Crippen molar-refractivity contribution in [2.24, 2.45) is 0 Å². The Bertz CT molecular complexity index is 1280. The van der Waals surface area contributed by atoms with Gasteiger partial charge in [0.1, 0.15) is 0 Å². The lowest BCUT2D eigenvalue weighted by Crippen LogP contribution is -2.70. The monoisotopic (exact) mass is 562 g/mol. The summed E-state index contributed by atoms with van der Waals surface area (Å²) in [5, 5.41) is 11.0. The molecule has 9 heteroatoms. The predicted molar refractivity (Wildman–Crippen MR) is 157 cm³/mol. The van der Waals surface area contributed by atoms with E-state index in [4.69, 9.17) is 11.6 Å². The highest BCUT2D eigenvalue weighted by Gasteiger charge is 2.48. The minimum absolute atomic E-state index is 0.0855. The van der Waals surface area contributed by atoms with E-state index in [0.29, 0.717) is 35.9 Å². The number of hydrogen-bond donors (Lipinski definition) is 1. The summed E-state index contributed by atoms with van der Waals surface area (Å²) >= 11 is 6.37. The van der Waals surface area contributed by atoms with E-state index in [0.717, 1.165) is 5.56 Å². The van der Waals surface area contributed by atoms with E-state index in [1.807, 2.05) is 92.7 Å². The molecule has 0 bridgehead atoms. The fourth-order valence-corrected chi connectivity index (χ4v) is 5.52. The van der Waals surface area contributed by atoms with Crippen LogP contribution in [0.25, 0.3) is 0 Å². The topological polar surface area (TPSA) is 84.4 Å². The number of para-hydroxylation sites is 2. The van der Waals surface area contributed by atoms with Gasteiger partial charge in [-0.05, 0) is 56.2 Å². The molecule has 4 rings (SSSR count). The van der Waals surface area contributed by atoms with Crippen LogP contribution in [-0.4, -0.2) is 69.1 Å². The highest BCUT2D eigenvalue weighted by Crippen LogP contribution is 2.32. The van der Waals surface area contributed by atoms with Gasteiger partial charge < -0.3 is 19.8 Å². The van der Waals surface area contributed by atoms with Crippen molar-refractivity contribution < 1.29 is 19.5 Å². The molecular weight excluding hydrogens is 528 g/mol. The third kappa shape index (κ3) is 5.92. The Morgan fingerprint density at radius 1 is 0.875 bits per heavy atom. The number of hydrogen-bond acceptors (Lipinski definition) is 3. The molecule has 1 fully saturated rings. The van der Waals surface area contributed by atoms with Gasteiger partial charge in [-0.3, -0.25) is 4.90 Å². The average molecular weight is 563 g/mol. The number of urea groups is 2. The number of piperazine rings is 1. The number of carboxylic acid groups (broad SMARTS) is 1. The van der Waals surface area contributed by atoms with Crippen LogP contribution >= 0.6 is 11.6 Å². The van der Waals surface area contributed by atoms with Gasteiger partial charge in [-0.2, -0.15) is 0 Å². The fraction of sp³-hybridized carbons (Fsp3) is 0.323. The van der Waals surface area contributed by atoms with E-state index < -0.39 is 24.1 Å². The maximum Gasteiger partial charge on any atom is 0.329 e. The van der Waals surface area contributed by atoms with E-state index in [1.165, 1.54) is 9.80 Å². The van der Waals surface area contributed by atoms with Crippen LogP contribution < -0.4 is 4.90 Å². The minimum Gasteiger partial charge on any atom is -0.480 e. The summed E-state index contributed by atoms with van der Waals surface area (Å²) in [6, 6.07) is 22.5. The molecule has 0 radical (unpaired) electrons. The summed E-state index contributed by atoms with van der Waals surface area (Å²) in [5.41, 5.74) is 2.06. The second kappa shape index (κ2) is 12.9. The quantitative estimate of drug-likeness (QED) is 0.357. The van der Waals surface area contributed by atoms with Crippen molar-refractivity contribution in [1.82, 2.24) is 14.7 Å². The third-order valence-corrected chi connectivity index (χ3v) is 7.78. The van der Waals surface area contributed by atoms with E-state index in [-0.39, 0.29) is 18.6 Å². The molecule has 0 spiro atoms. The van der Waals surface area contributed by atoms with E-state index in [1.54, 1.807) is 22.8 Å². The van der Waals surface area contributed by atoms with Crippen LogP contribution in [0.4, 0.5) is 21.0 Å². The predicted octanol–water partition coefficient (Wildman–Crippen LogP) is 6.48. The second-order valence-corrected chi connectivity index (χ2v) is 10.2. The molecule has 1 aliphatic heterocycles. The molecule has 1 saturated heterocycles. The van der Waals surface area contributed by atoms with E-state index in [2.05, 4.69) is 0 Å². The number of carbonyl (C=O) groups is 3. The zero-order valence-electron chi connectivity index (χ0n) is 23.0. The molecule has 3 aromatic rings. The van der Waals surface area contributed by atoms with Gasteiger partial charge >= 0.3 is 18.0 Å². The molecule has 0 aliphatic carbocycles. The maximum absolute atomic E-state index is 14.2. The molecule has 3 atom stereocenters. The summed E-state index contributed by atoms with van der Waals surface area (Å²) in [5.74, 6) is -1.16. The summed E-state index contributed by atoms with van der Waals surface area (Å²) in [7, 11) is 0. The van der Waals surface area contributed by atoms with Gasteiger partial charge in [0.2, 0.25) is 0 Å². The van der Waals surface area contributed by atoms with Crippen LogP contribution in [-0.2, 0) is 11.3 Å². The molecule has 40 heavy (non-hydrogen) atoms. The Balaban J connectivity index is 1.68. The van der Waals surface area contributed by atoms with E-state index >= 15 is 0 Å². The van der Waals surface area contributed by atoms with E-state index in [9.17, 15) is 19.5 Å². The van der Waals surface area contributed by atoms with Crippen molar-refractivity contribution in [3.05, 3.63) is 95.5 Å². The van der Waals surface area contributed by atoms with Crippen LogP contribution in [0.3, 0.4) is 0 Å². The Morgan fingerprint density at radius 2 is 1.43 bits per heavy atom. The number of benzene rings is 3. The summed E-state index contributed by atoms with van der Waals surface area (Å²) in [6.45, 7) is 6.33. The number of rotatable bonds is 7. The molecule has 1 N–H and O–H groups in total. The number of nitrogens with zero attached hydrogens (tertiary/aromatic N) is 4. The number of carbonyl (C=O) groups excluding carboxylic acids is 2. The smallest absolute Gasteiger partial charge is 0.329 e. The van der Waals surface area contributed by atoms with Crippen molar-refractivity contribution in [3.63, 3.8) is 0 Å². The molecule has 0 aromatic heterocycles. The van der Waals surface area contributed by atoms with Gasteiger partial charge in [-0.15, -0.1) is 0 Å². The van der Waals surface area contributed by atoms with Crippen LogP contribution in [0, 0.1) is 0 Å². The first kappa shape index (κ1) is 29.0. The highest BCUT2D eigenvalue weighted by molar-refractivity contribution is 6.31. The first-order valence-corrected chi connectivity index (χ1v) is 13.9. The molecule has 0 saturated carbocycles. The first-order valence-electron chi connectivity index (χ1n) is 13.5. The third-order valence-electron chi connectivity index (χ3n) is 7.41. The molecule has 4 amide bonds. The van der Waals surface area contributed by atoms with Crippen LogP contribution in [0.2, 0.25) is 5.02 Å². The molecule has 210 valence electrons. The van der Waals surface area contributed by atoms with Gasteiger partial charge in [-0.1, -0.05) is 73.1 Å². The van der Waals surface area contributed by atoms with Gasteiger partial charge in [-0.25, -0.2) is 14.4 Å². The molecular formula is C31H35ClN4O4. The Kier molecular flexibility index (Phi) is 9.32. The van der Waals surface area contributed by atoms with Gasteiger partial charge in [0, 0.05) is 24.7 Å². The van der Waals surface area contributed by atoms with Gasteiger partial charge in [0.05, 0.1) is 23.5 Å². The lowest BCUT2D eigenvalue weighted by molar-refractivity contribution is -0.147. The lowest BCUT2D eigenvalue weighted by atomic mass is 9.97. The number of aliphatic carboxylic acids is 1. The highest BCUT2D eigenvalue weighted by atomic mass is 35.5. The average Bonchev–Trinajstić information content (AvgIpc) is 2.96. The van der Waals surface area contributed by atoms with Crippen LogP contribution in [0.15, 0.2) is 84.9 Å². The van der Waals surface area contributed by atoms with Crippen molar-refractivity contribution in [2.45, 2.75) is 51.9 Å². The molecule has 8 nitrogen and oxygen atoms in total. The van der Waals surface area contributed by atoms with Crippen molar-refractivity contribution in [3.8, 4) is 0 Å². The Hall–Kier alpha value is -4.04. The molecule has 0 unspecified atom stereocenters. The summed E-state index contributed by atoms with van der Waals surface area (Å²) in [4.78, 5) is 47.1. The number of amides is 4. The minimum atomic E-state index is -1.24. The largest absolute Gasteiger partial charge is 0.480 e. The lowest BCUT2D eigenvalue weighted by Gasteiger charge is -2.50. The van der Waals surface area contributed by atoms with Crippen molar-refractivity contribution >= 4 is 41.0 Å². The maximum atomic E-state index is 14.2. The number of carboxylic acids is 1. The SMILES string of the molecule is CC[C@H]1CN(C(=O)N(c2ccccc2)c2ccccc2)[C@H](C(=O)O)[C@@H](C)N1C(=O)N(CC)Cc1ccccc1Cl. The van der Waals surface area contributed by atoms with Crippen LogP contribution in [0.1, 0.15) is 32.8 Å². The van der Waals surface area contributed by atoms with Gasteiger partial charge in [0.15, 0.2) is 6.04 Å². The number of anilines is 2. The molecule has 3 aromatic carbocycles. The van der Waals surface area contributed by atoms with Crippen molar-refractivity contribution in [2.75, 3.05) is 18.0 Å². The normalized spacial score (nSPS) is 18.8. The van der Waals surface area contributed by atoms with Gasteiger partial charge in [0.25, 0.3) is 0 Å². The van der Waals surface area contributed by atoms with Crippen molar-refractivity contribution in [1.29, 1.82) is 0 Å². The zero-order chi connectivity index (χ0) is 28.8. The second-order valence-electron chi connectivity index (χ2n) is 9.82. The summed E-state index contributed by atoms with van der Waals surface area (Å²) < 4.78 is 0. The number of halogens is 1.